The Kier molecular flexibility index (Phi) is 4.94. The number of benzene rings is 1. The highest BCUT2D eigenvalue weighted by Crippen LogP contribution is 2.28. The SMILES string of the molecule is CCC(CC#N)Nc1cc(Cl)ccc1OC. The molecule has 0 saturated carbocycles. The lowest BCUT2D eigenvalue weighted by Crippen LogP contribution is -2.18. The van der Waals surface area contributed by atoms with Crippen LogP contribution in [0.1, 0.15) is 19.8 Å². The Morgan fingerprint density at radius 2 is 2.31 bits per heavy atom. The van der Waals surface area contributed by atoms with Crippen molar-refractivity contribution in [3.63, 3.8) is 0 Å². The molecule has 1 aromatic rings. The second kappa shape index (κ2) is 6.24. The van der Waals surface area contributed by atoms with E-state index in [0.29, 0.717) is 11.4 Å². The van der Waals surface area contributed by atoms with Crippen molar-refractivity contribution in [1.82, 2.24) is 0 Å². The van der Waals surface area contributed by atoms with Crippen molar-refractivity contribution in [2.45, 2.75) is 25.8 Å². The zero-order valence-corrected chi connectivity index (χ0v) is 10.2. The third-order valence-electron chi connectivity index (χ3n) is 2.35. The first-order valence-electron chi connectivity index (χ1n) is 5.18. The van der Waals surface area contributed by atoms with Crippen LogP contribution in [-0.2, 0) is 0 Å². The Balaban J connectivity index is 2.85. The molecule has 0 fully saturated rings. The van der Waals surface area contributed by atoms with E-state index in [-0.39, 0.29) is 6.04 Å². The monoisotopic (exact) mass is 238 g/mol. The first kappa shape index (κ1) is 12.7. The van der Waals surface area contributed by atoms with Crippen LogP contribution in [-0.4, -0.2) is 13.2 Å². The molecule has 16 heavy (non-hydrogen) atoms. The molecule has 1 N–H and O–H groups in total. The van der Waals surface area contributed by atoms with Crippen molar-refractivity contribution < 1.29 is 4.74 Å². The van der Waals surface area contributed by atoms with Crippen molar-refractivity contribution in [2.24, 2.45) is 0 Å². The molecule has 1 aromatic carbocycles. The van der Waals surface area contributed by atoms with Gasteiger partial charge in [-0.05, 0) is 24.6 Å². The minimum absolute atomic E-state index is 0.123. The maximum atomic E-state index is 8.68. The standard InChI is InChI=1S/C12H15ClN2O/c1-3-10(6-7-14)15-11-8-9(13)4-5-12(11)16-2/h4-5,8,10,15H,3,6H2,1-2H3. The van der Waals surface area contributed by atoms with Gasteiger partial charge < -0.3 is 10.1 Å². The first-order chi connectivity index (χ1) is 7.71. The van der Waals surface area contributed by atoms with Gasteiger partial charge >= 0.3 is 0 Å². The molecule has 1 rings (SSSR count). The van der Waals surface area contributed by atoms with Crippen molar-refractivity contribution in [1.29, 1.82) is 5.26 Å². The van der Waals surface area contributed by atoms with Gasteiger partial charge in [-0.2, -0.15) is 5.26 Å². The zero-order chi connectivity index (χ0) is 12.0. The number of hydrogen-bond donors (Lipinski definition) is 1. The molecule has 3 nitrogen and oxygen atoms in total. The highest BCUT2D eigenvalue weighted by Gasteiger charge is 2.09. The fourth-order valence-corrected chi connectivity index (χ4v) is 1.59. The topological polar surface area (TPSA) is 45.0 Å². The van der Waals surface area contributed by atoms with Gasteiger partial charge in [-0.25, -0.2) is 0 Å². The third kappa shape index (κ3) is 3.32. The maximum absolute atomic E-state index is 8.68. The smallest absolute Gasteiger partial charge is 0.142 e. The number of nitrogens with zero attached hydrogens (tertiary/aromatic N) is 1. The molecule has 0 aromatic heterocycles. The van der Waals surface area contributed by atoms with Gasteiger partial charge in [0, 0.05) is 11.1 Å². The number of nitrogens with one attached hydrogen (secondary N) is 1. The molecule has 0 aliphatic carbocycles. The van der Waals surface area contributed by atoms with Crippen LogP contribution in [0, 0.1) is 11.3 Å². The Morgan fingerprint density at radius 1 is 1.56 bits per heavy atom. The highest BCUT2D eigenvalue weighted by molar-refractivity contribution is 6.30. The number of anilines is 1. The first-order valence-corrected chi connectivity index (χ1v) is 5.56. The van der Waals surface area contributed by atoms with E-state index in [9.17, 15) is 0 Å². The fourth-order valence-electron chi connectivity index (χ4n) is 1.42. The summed E-state index contributed by atoms with van der Waals surface area (Å²) in [7, 11) is 1.61. The average molecular weight is 239 g/mol. The largest absolute Gasteiger partial charge is 0.495 e. The molecule has 1 atom stereocenters. The quantitative estimate of drug-likeness (QED) is 0.855. The average Bonchev–Trinajstić information content (AvgIpc) is 2.29. The van der Waals surface area contributed by atoms with Crippen molar-refractivity contribution in [3.8, 4) is 11.8 Å². The van der Waals surface area contributed by atoms with E-state index >= 15 is 0 Å². The van der Waals surface area contributed by atoms with Crippen LogP contribution in [0.15, 0.2) is 18.2 Å². The molecule has 1 unspecified atom stereocenters. The van der Waals surface area contributed by atoms with Crippen LogP contribution in [0.2, 0.25) is 5.02 Å². The summed E-state index contributed by atoms with van der Waals surface area (Å²) >= 11 is 5.92. The number of hydrogen-bond acceptors (Lipinski definition) is 3. The molecule has 0 spiro atoms. The Bertz CT molecular complexity index is 387. The summed E-state index contributed by atoms with van der Waals surface area (Å²) in [5.74, 6) is 0.737. The van der Waals surface area contributed by atoms with Crippen molar-refractivity contribution >= 4 is 17.3 Å². The van der Waals surface area contributed by atoms with Gasteiger partial charge in [0.05, 0.1) is 25.3 Å². The molecule has 0 amide bonds. The predicted octanol–water partition coefficient (Wildman–Crippen LogP) is 3.45. The van der Waals surface area contributed by atoms with Gasteiger partial charge in [-0.15, -0.1) is 0 Å². The highest BCUT2D eigenvalue weighted by atomic mass is 35.5. The zero-order valence-electron chi connectivity index (χ0n) is 9.46. The summed E-state index contributed by atoms with van der Waals surface area (Å²) < 4.78 is 5.22. The number of rotatable bonds is 5. The Morgan fingerprint density at radius 3 is 2.88 bits per heavy atom. The molecular formula is C12H15ClN2O. The molecule has 0 bridgehead atoms. The van der Waals surface area contributed by atoms with Gasteiger partial charge in [-0.3, -0.25) is 0 Å². The van der Waals surface area contributed by atoms with Gasteiger partial charge in [0.1, 0.15) is 5.75 Å². The number of ether oxygens (including phenoxy) is 1. The van der Waals surface area contributed by atoms with Gasteiger partial charge in [0.15, 0.2) is 0 Å². The number of halogens is 1. The van der Waals surface area contributed by atoms with Crippen LogP contribution in [0.5, 0.6) is 5.75 Å². The second-order valence-corrected chi connectivity index (χ2v) is 3.89. The van der Waals surface area contributed by atoms with Crippen LogP contribution >= 0.6 is 11.6 Å². The molecule has 0 aliphatic heterocycles. The molecule has 0 aliphatic rings. The lowest BCUT2D eigenvalue weighted by atomic mass is 10.1. The van der Waals surface area contributed by atoms with Crippen LogP contribution in [0.4, 0.5) is 5.69 Å². The normalized spacial score (nSPS) is 11.6. The van der Waals surface area contributed by atoms with E-state index < -0.39 is 0 Å². The summed E-state index contributed by atoms with van der Waals surface area (Å²) in [6.07, 6.45) is 1.34. The summed E-state index contributed by atoms with van der Waals surface area (Å²) in [6, 6.07) is 7.67. The number of methoxy groups -OCH3 is 1. The predicted molar refractivity (Wildman–Crippen MR) is 65.9 cm³/mol. The van der Waals surface area contributed by atoms with Gasteiger partial charge in [0.25, 0.3) is 0 Å². The second-order valence-electron chi connectivity index (χ2n) is 3.46. The van der Waals surface area contributed by atoms with E-state index in [4.69, 9.17) is 21.6 Å². The molecular weight excluding hydrogens is 224 g/mol. The van der Waals surface area contributed by atoms with Crippen LogP contribution < -0.4 is 10.1 Å². The van der Waals surface area contributed by atoms with Gasteiger partial charge in [0.2, 0.25) is 0 Å². The van der Waals surface area contributed by atoms with E-state index in [0.717, 1.165) is 17.9 Å². The van der Waals surface area contributed by atoms with E-state index in [1.807, 2.05) is 13.0 Å². The summed E-state index contributed by atoms with van der Waals surface area (Å²) in [6.45, 7) is 2.03. The molecule has 86 valence electrons. The van der Waals surface area contributed by atoms with Crippen molar-refractivity contribution in [2.75, 3.05) is 12.4 Å². The molecule has 0 radical (unpaired) electrons. The summed E-state index contributed by atoms with van der Waals surface area (Å²) in [5, 5.41) is 12.6. The molecule has 0 heterocycles. The summed E-state index contributed by atoms with van der Waals surface area (Å²) in [5.41, 5.74) is 0.831. The van der Waals surface area contributed by atoms with E-state index in [2.05, 4.69) is 11.4 Å². The van der Waals surface area contributed by atoms with E-state index in [1.165, 1.54) is 0 Å². The molecule has 4 heteroatoms. The lowest BCUT2D eigenvalue weighted by molar-refractivity contribution is 0.416. The molecule has 0 saturated heterocycles. The third-order valence-corrected chi connectivity index (χ3v) is 2.59. The minimum Gasteiger partial charge on any atom is -0.495 e. The Hall–Kier alpha value is -1.40. The summed E-state index contributed by atoms with van der Waals surface area (Å²) in [4.78, 5) is 0. The number of nitriles is 1. The Labute approximate surface area is 101 Å². The van der Waals surface area contributed by atoms with E-state index in [1.54, 1.807) is 19.2 Å². The van der Waals surface area contributed by atoms with Gasteiger partial charge in [-0.1, -0.05) is 18.5 Å². The lowest BCUT2D eigenvalue weighted by Gasteiger charge is -2.17. The fraction of sp³-hybridized carbons (Fsp3) is 0.417. The maximum Gasteiger partial charge on any atom is 0.142 e. The van der Waals surface area contributed by atoms with Crippen molar-refractivity contribution in [3.05, 3.63) is 23.2 Å². The minimum atomic E-state index is 0.123. The van der Waals surface area contributed by atoms with Crippen LogP contribution in [0.3, 0.4) is 0 Å². The van der Waals surface area contributed by atoms with Crippen LogP contribution in [0.25, 0.3) is 0 Å².